The maximum atomic E-state index is 11.8. The van der Waals surface area contributed by atoms with Gasteiger partial charge in [0.2, 0.25) is 0 Å². The molecule has 0 unspecified atom stereocenters. The van der Waals surface area contributed by atoms with Gasteiger partial charge in [-0.3, -0.25) is 4.79 Å². The Morgan fingerprint density at radius 3 is 2.68 bits per heavy atom. The number of carbonyl (C=O) groups excluding carboxylic acids is 1. The van der Waals surface area contributed by atoms with Crippen molar-refractivity contribution >= 4 is 11.8 Å². The van der Waals surface area contributed by atoms with Gasteiger partial charge in [0.05, 0.1) is 6.10 Å². The Labute approximate surface area is 147 Å². The van der Waals surface area contributed by atoms with Crippen LogP contribution in [0.2, 0.25) is 0 Å². The second-order valence-electron chi connectivity index (χ2n) is 8.92. The summed E-state index contributed by atoms with van der Waals surface area (Å²) in [4.78, 5) is 23.6. The molecule has 0 heterocycles. The first-order valence-electron chi connectivity index (χ1n) is 9.21. The topological polar surface area (TPSA) is 94.8 Å². The van der Waals surface area contributed by atoms with Gasteiger partial charge < -0.3 is 15.3 Å². The van der Waals surface area contributed by atoms with Crippen LogP contribution in [-0.4, -0.2) is 38.8 Å². The zero-order valence-corrected chi connectivity index (χ0v) is 14.7. The lowest BCUT2D eigenvalue weighted by Crippen LogP contribution is -2.61. The van der Waals surface area contributed by atoms with Gasteiger partial charge in [-0.2, -0.15) is 0 Å². The summed E-state index contributed by atoms with van der Waals surface area (Å²) in [6, 6.07) is 0. The Balaban J connectivity index is 1.76. The van der Waals surface area contributed by atoms with Crippen LogP contribution in [0.5, 0.6) is 0 Å². The van der Waals surface area contributed by atoms with Crippen LogP contribution < -0.4 is 0 Å². The molecule has 5 heteroatoms. The zero-order chi connectivity index (χ0) is 18.2. The number of carbonyl (C=O) groups is 2. The SMILES string of the molecule is C[C@]12C=CC(=O)C=C1CC[C@@H]1[C@H]2[C@H](O)C[C@]2(C)[C@@H]1CC[C@]2(O)C(=O)O. The van der Waals surface area contributed by atoms with Gasteiger partial charge >= 0.3 is 5.97 Å². The fourth-order valence-corrected chi connectivity index (χ4v) is 6.68. The summed E-state index contributed by atoms with van der Waals surface area (Å²) in [7, 11) is 0. The van der Waals surface area contributed by atoms with E-state index in [0.29, 0.717) is 6.42 Å². The van der Waals surface area contributed by atoms with Crippen LogP contribution in [0.1, 0.15) is 46.0 Å². The van der Waals surface area contributed by atoms with Crippen LogP contribution in [-0.2, 0) is 9.59 Å². The minimum absolute atomic E-state index is 0.00202. The molecule has 0 aromatic heterocycles. The number of fused-ring (bicyclic) bond motifs is 5. The molecule has 0 spiro atoms. The molecule has 136 valence electrons. The molecule has 5 nitrogen and oxygen atoms in total. The molecule has 0 aromatic rings. The zero-order valence-electron chi connectivity index (χ0n) is 14.7. The van der Waals surface area contributed by atoms with E-state index in [9.17, 15) is 24.9 Å². The molecule has 3 fully saturated rings. The average Bonchev–Trinajstić information content (AvgIpc) is 2.80. The van der Waals surface area contributed by atoms with Crippen LogP contribution in [0.25, 0.3) is 0 Å². The van der Waals surface area contributed by atoms with Crippen molar-refractivity contribution in [1.82, 2.24) is 0 Å². The third-order valence-corrected chi connectivity index (χ3v) is 8.00. The third-order valence-electron chi connectivity index (χ3n) is 8.00. The lowest BCUT2D eigenvalue weighted by Gasteiger charge is -2.59. The molecule has 0 saturated heterocycles. The molecule has 25 heavy (non-hydrogen) atoms. The van der Waals surface area contributed by atoms with Crippen molar-refractivity contribution in [1.29, 1.82) is 0 Å². The van der Waals surface area contributed by atoms with Gasteiger partial charge in [-0.1, -0.05) is 25.5 Å². The van der Waals surface area contributed by atoms with Crippen molar-refractivity contribution in [2.45, 2.75) is 57.7 Å². The van der Waals surface area contributed by atoms with E-state index in [2.05, 4.69) is 6.92 Å². The van der Waals surface area contributed by atoms with E-state index in [4.69, 9.17) is 0 Å². The first-order chi connectivity index (χ1) is 11.6. The van der Waals surface area contributed by atoms with Gasteiger partial charge in [-0.05, 0) is 56.1 Å². The maximum absolute atomic E-state index is 11.8. The molecular formula is C20H26O5. The Bertz CT molecular complexity index is 709. The Morgan fingerprint density at radius 2 is 2.00 bits per heavy atom. The summed E-state index contributed by atoms with van der Waals surface area (Å²) >= 11 is 0. The van der Waals surface area contributed by atoms with Crippen LogP contribution in [0.15, 0.2) is 23.8 Å². The van der Waals surface area contributed by atoms with Gasteiger partial charge in [0, 0.05) is 16.7 Å². The van der Waals surface area contributed by atoms with E-state index in [1.165, 1.54) is 0 Å². The minimum Gasteiger partial charge on any atom is -0.479 e. The summed E-state index contributed by atoms with van der Waals surface area (Å²) in [6.45, 7) is 3.93. The molecule has 4 rings (SSSR count). The number of hydrogen-bond acceptors (Lipinski definition) is 4. The smallest absolute Gasteiger partial charge is 0.336 e. The average molecular weight is 346 g/mol. The largest absolute Gasteiger partial charge is 0.479 e. The van der Waals surface area contributed by atoms with Gasteiger partial charge in [-0.15, -0.1) is 0 Å². The summed E-state index contributed by atoms with van der Waals surface area (Å²) in [5.74, 6) is -0.976. The van der Waals surface area contributed by atoms with Crippen molar-refractivity contribution in [3.05, 3.63) is 23.8 Å². The van der Waals surface area contributed by atoms with E-state index in [0.717, 1.165) is 18.4 Å². The summed E-state index contributed by atoms with van der Waals surface area (Å²) in [6.07, 6.45) is 7.37. The summed E-state index contributed by atoms with van der Waals surface area (Å²) in [5, 5.41) is 31.6. The van der Waals surface area contributed by atoms with Gasteiger partial charge in [0.15, 0.2) is 11.4 Å². The standard InChI is InChI=1S/C20H26O5/c1-18-7-5-12(21)9-11(18)3-4-13-14-6-8-20(25,17(23)24)19(14,2)10-15(22)16(13)18/h5,7,9,13-16,22,25H,3-4,6,8,10H2,1-2H3,(H,23,24)/t13-,14+,15+,16-,18-,19+,20-/m0/s1. The quantitative estimate of drug-likeness (QED) is 0.676. The molecule has 4 aliphatic carbocycles. The highest BCUT2D eigenvalue weighted by Crippen LogP contribution is 2.66. The number of aliphatic hydroxyl groups is 2. The number of hydrogen-bond donors (Lipinski definition) is 3. The Kier molecular flexibility index (Phi) is 3.42. The third kappa shape index (κ3) is 1.97. The van der Waals surface area contributed by atoms with Crippen molar-refractivity contribution in [2.75, 3.05) is 0 Å². The number of aliphatic carboxylic acids is 1. The first kappa shape index (κ1) is 17.0. The second kappa shape index (κ2) is 5.04. The number of allylic oxidation sites excluding steroid dienone is 4. The molecule has 3 N–H and O–H groups in total. The highest BCUT2D eigenvalue weighted by Gasteiger charge is 2.68. The van der Waals surface area contributed by atoms with Crippen LogP contribution >= 0.6 is 0 Å². The van der Waals surface area contributed by atoms with Crippen molar-refractivity contribution in [3.8, 4) is 0 Å². The molecule has 0 radical (unpaired) electrons. The minimum atomic E-state index is -1.76. The number of carboxylic acids is 1. The fourth-order valence-electron chi connectivity index (χ4n) is 6.68. The number of aliphatic hydroxyl groups excluding tert-OH is 1. The molecule has 3 saturated carbocycles. The van der Waals surface area contributed by atoms with Crippen molar-refractivity contribution in [3.63, 3.8) is 0 Å². The van der Waals surface area contributed by atoms with E-state index in [-0.39, 0.29) is 41.8 Å². The molecule has 0 aromatic carbocycles. The Morgan fingerprint density at radius 1 is 1.28 bits per heavy atom. The van der Waals surface area contributed by atoms with E-state index >= 15 is 0 Å². The summed E-state index contributed by atoms with van der Waals surface area (Å²) < 4.78 is 0. The predicted molar refractivity (Wildman–Crippen MR) is 90.6 cm³/mol. The van der Waals surface area contributed by atoms with E-state index in [1.54, 1.807) is 12.2 Å². The second-order valence-corrected chi connectivity index (χ2v) is 8.92. The molecule has 4 aliphatic rings. The fraction of sp³-hybridized carbons (Fsp3) is 0.700. The molecule has 7 atom stereocenters. The molecule has 0 aliphatic heterocycles. The van der Waals surface area contributed by atoms with Crippen molar-refractivity contribution < 1.29 is 24.9 Å². The highest BCUT2D eigenvalue weighted by atomic mass is 16.4. The Hall–Kier alpha value is -1.46. The summed E-state index contributed by atoms with van der Waals surface area (Å²) in [5.41, 5.74) is -1.86. The van der Waals surface area contributed by atoms with Gasteiger partial charge in [0.25, 0.3) is 0 Å². The van der Waals surface area contributed by atoms with Crippen LogP contribution in [0.3, 0.4) is 0 Å². The normalized spacial score (nSPS) is 51.4. The molecule has 0 amide bonds. The number of ketones is 1. The lowest BCUT2D eigenvalue weighted by molar-refractivity contribution is -0.192. The first-order valence-corrected chi connectivity index (χ1v) is 9.21. The van der Waals surface area contributed by atoms with Gasteiger partial charge in [0.1, 0.15) is 0 Å². The number of carboxylic acid groups (broad SMARTS) is 1. The van der Waals surface area contributed by atoms with Crippen LogP contribution in [0.4, 0.5) is 0 Å². The molecular weight excluding hydrogens is 320 g/mol. The lowest BCUT2D eigenvalue weighted by atomic mass is 9.46. The molecule has 0 bridgehead atoms. The predicted octanol–water partition coefficient (Wildman–Crippen LogP) is 2.08. The monoisotopic (exact) mass is 346 g/mol. The number of rotatable bonds is 1. The maximum Gasteiger partial charge on any atom is 0.336 e. The van der Waals surface area contributed by atoms with Gasteiger partial charge in [-0.25, -0.2) is 4.79 Å². The van der Waals surface area contributed by atoms with Crippen molar-refractivity contribution in [2.24, 2.45) is 28.6 Å². The highest BCUT2D eigenvalue weighted by molar-refractivity contribution is 6.01. The van der Waals surface area contributed by atoms with Crippen LogP contribution in [0, 0.1) is 28.6 Å². The van der Waals surface area contributed by atoms with E-state index < -0.39 is 23.1 Å². The van der Waals surface area contributed by atoms with E-state index in [1.807, 2.05) is 13.0 Å².